The highest BCUT2D eigenvalue weighted by atomic mass is 35.6. The lowest BCUT2D eigenvalue weighted by molar-refractivity contribution is -0.123. The van der Waals surface area contributed by atoms with Crippen LogP contribution in [0.1, 0.15) is 41.3 Å². The standard InChI is InChI=1S/C21H22Cl3N3O4/c1-12(2)14-9-8-13(3)10-17(14)31-11-18(28)26-27-19(29)15-6-4-5-7-16(15)25-20(30)21(22,23)24/h4-10,12H,11H2,1-3H3,(H,25,30)(H,26,28)(H,27,29). The number of halogens is 3. The number of carbonyl (C=O) groups is 3. The van der Waals surface area contributed by atoms with Gasteiger partial charge in [-0.1, -0.05) is 72.9 Å². The van der Waals surface area contributed by atoms with Crippen molar-refractivity contribution in [2.45, 2.75) is 30.5 Å². The fourth-order valence-electron chi connectivity index (χ4n) is 2.60. The Bertz CT molecular complexity index is 975. The number of ether oxygens (including phenoxy) is 1. The van der Waals surface area contributed by atoms with Gasteiger partial charge in [-0.3, -0.25) is 25.2 Å². The highest BCUT2D eigenvalue weighted by Crippen LogP contribution is 2.29. The van der Waals surface area contributed by atoms with Crippen LogP contribution in [0.5, 0.6) is 5.75 Å². The largest absolute Gasteiger partial charge is 0.483 e. The van der Waals surface area contributed by atoms with Crippen LogP contribution in [0.15, 0.2) is 42.5 Å². The number of carbonyl (C=O) groups excluding carboxylic acids is 3. The lowest BCUT2D eigenvalue weighted by Gasteiger charge is -2.16. The molecule has 2 aromatic rings. The van der Waals surface area contributed by atoms with Crippen molar-refractivity contribution >= 4 is 58.2 Å². The number of para-hydroxylation sites is 1. The minimum Gasteiger partial charge on any atom is -0.483 e. The maximum atomic E-state index is 12.4. The summed E-state index contributed by atoms with van der Waals surface area (Å²) in [6, 6.07) is 11.8. The van der Waals surface area contributed by atoms with E-state index in [0.29, 0.717) is 5.75 Å². The fourth-order valence-corrected chi connectivity index (χ4v) is 2.74. The summed E-state index contributed by atoms with van der Waals surface area (Å²) in [5, 5.41) is 2.35. The number of hydrogen-bond acceptors (Lipinski definition) is 4. The van der Waals surface area contributed by atoms with Crippen LogP contribution in [-0.2, 0) is 9.59 Å². The maximum Gasteiger partial charge on any atom is 0.276 e. The third kappa shape index (κ3) is 7.31. The van der Waals surface area contributed by atoms with E-state index in [4.69, 9.17) is 39.5 Å². The Labute approximate surface area is 195 Å². The van der Waals surface area contributed by atoms with Gasteiger partial charge in [-0.15, -0.1) is 0 Å². The normalized spacial score (nSPS) is 11.1. The zero-order valence-electron chi connectivity index (χ0n) is 17.1. The second kappa shape index (κ2) is 10.7. The number of aryl methyl sites for hydroxylation is 1. The molecule has 2 aromatic carbocycles. The third-order valence-electron chi connectivity index (χ3n) is 4.14. The lowest BCUT2D eigenvalue weighted by atomic mass is 10.0. The molecule has 7 nitrogen and oxygen atoms in total. The predicted octanol–water partition coefficient (Wildman–Crippen LogP) is 4.27. The third-order valence-corrected chi connectivity index (χ3v) is 4.66. The number of amides is 3. The number of alkyl halides is 3. The molecular weight excluding hydrogens is 465 g/mol. The molecular formula is C21H22Cl3N3O4. The van der Waals surface area contributed by atoms with Crippen molar-refractivity contribution in [1.29, 1.82) is 0 Å². The molecule has 0 radical (unpaired) electrons. The van der Waals surface area contributed by atoms with E-state index in [-0.39, 0.29) is 23.8 Å². The van der Waals surface area contributed by atoms with Crippen molar-refractivity contribution < 1.29 is 19.1 Å². The first-order chi connectivity index (χ1) is 14.5. The number of hydrogen-bond donors (Lipinski definition) is 3. The zero-order chi connectivity index (χ0) is 23.2. The number of hydrazine groups is 1. The quantitative estimate of drug-likeness (QED) is 0.420. The first-order valence-corrected chi connectivity index (χ1v) is 10.4. The molecule has 10 heteroatoms. The van der Waals surface area contributed by atoms with E-state index < -0.39 is 21.5 Å². The average Bonchev–Trinajstić information content (AvgIpc) is 2.70. The second-order valence-electron chi connectivity index (χ2n) is 6.98. The van der Waals surface area contributed by atoms with Crippen LogP contribution in [0.3, 0.4) is 0 Å². The monoisotopic (exact) mass is 485 g/mol. The van der Waals surface area contributed by atoms with E-state index in [9.17, 15) is 14.4 Å². The van der Waals surface area contributed by atoms with Crippen LogP contribution in [0, 0.1) is 6.92 Å². The summed E-state index contributed by atoms with van der Waals surface area (Å²) < 4.78 is 3.43. The molecule has 31 heavy (non-hydrogen) atoms. The summed E-state index contributed by atoms with van der Waals surface area (Å²) in [6.45, 7) is 5.68. The van der Waals surface area contributed by atoms with Crippen LogP contribution < -0.4 is 20.9 Å². The summed E-state index contributed by atoms with van der Waals surface area (Å²) in [4.78, 5) is 36.5. The Kier molecular flexibility index (Phi) is 8.56. The van der Waals surface area contributed by atoms with E-state index in [1.165, 1.54) is 12.1 Å². The van der Waals surface area contributed by atoms with Gasteiger partial charge in [0.05, 0.1) is 11.3 Å². The molecule has 0 aliphatic heterocycles. The Morgan fingerprint density at radius 3 is 2.35 bits per heavy atom. The van der Waals surface area contributed by atoms with Gasteiger partial charge in [0, 0.05) is 0 Å². The van der Waals surface area contributed by atoms with Gasteiger partial charge in [0.1, 0.15) is 5.75 Å². The van der Waals surface area contributed by atoms with E-state index in [2.05, 4.69) is 16.2 Å². The Morgan fingerprint density at radius 1 is 1.03 bits per heavy atom. The van der Waals surface area contributed by atoms with Gasteiger partial charge in [0.2, 0.25) is 0 Å². The summed E-state index contributed by atoms with van der Waals surface area (Å²) in [5.41, 5.74) is 6.69. The number of rotatable bonds is 6. The molecule has 0 unspecified atom stereocenters. The molecule has 0 aliphatic rings. The molecule has 0 spiro atoms. The first kappa shape index (κ1) is 24.8. The molecule has 3 amide bonds. The molecule has 0 saturated carbocycles. The van der Waals surface area contributed by atoms with Crippen molar-refractivity contribution in [2.75, 3.05) is 11.9 Å². The molecule has 0 saturated heterocycles. The van der Waals surface area contributed by atoms with E-state index >= 15 is 0 Å². The summed E-state index contributed by atoms with van der Waals surface area (Å²) >= 11 is 16.6. The van der Waals surface area contributed by atoms with E-state index in [1.807, 2.05) is 39.0 Å². The van der Waals surface area contributed by atoms with Gasteiger partial charge in [-0.25, -0.2) is 0 Å². The van der Waals surface area contributed by atoms with Crippen molar-refractivity contribution in [3.63, 3.8) is 0 Å². The lowest BCUT2D eigenvalue weighted by Crippen LogP contribution is -2.44. The SMILES string of the molecule is Cc1ccc(C(C)C)c(OCC(=O)NNC(=O)c2ccccc2NC(=O)C(Cl)(Cl)Cl)c1. The summed E-state index contributed by atoms with van der Waals surface area (Å²) in [6.07, 6.45) is 0. The molecule has 0 bridgehead atoms. The van der Waals surface area contributed by atoms with Gasteiger partial charge in [-0.2, -0.15) is 0 Å². The summed E-state index contributed by atoms with van der Waals surface area (Å²) in [7, 11) is 0. The molecule has 0 aromatic heterocycles. The van der Waals surface area contributed by atoms with Gasteiger partial charge >= 0.3 is 0 Å². The number of nitrogens with one attached hydrogen (secondary N) is 3. The fraction of sp³-hybridized carbons (Fsp3) is 0.286. The Hall–Kier alpha value is -2.48. The Morgan fingerprint density at radius 2 is 1.71 bits per heavy atom. The van der Waals surface area contributed by atoms with Crippen molar-refractivity contribution in [3.8, 4) is 5.75 Å². The van der Waals surface area contributed by atoms with Crippen molar-refractivity contribution in [2.24, 2.45) is 0 Å². The number of anilines is 1. The van der Waals surface area contributed by atoms with Gasteiger partial charge in [0.25, 0.3) is 21.5 Å². The zero-order valence-corrected chi connectivity index (χ0v) is 19.4. The summed E-state index contributed by atoms with van der Waals surface area (Å²) in [5.74, 6) is -1.33. The van der Waals surface area contributed by atoms with E-state index in [0.717, 1.165) is 11.1 Å². The molecule has 0 aliphatic carbocycles. The highest BCUT2D eigenvalue weighted by Gasteiger charge is 2.31. The van der Waals surface area contributed by atoms with Crippen LogP contribution in [-0.4, -0.2) is 28.1 Å². The second-order valence-corrected chi connectivity index (χ2v) is 9.27. The molecule has 0 atom stereocenters. The highest BCUT2D eigenvalue weighted by molar-refractivity contribution is 6.76. The first-order valence-electron chi connectivity index (χ1n) is 9.28. The topological polar surface area (TPSA) is 96.5 Å². The molecule has 3 N–H and O–H groups in total. The number of benzene rings is 2. The molecule has 0 fully saturated rings. The minimum absolute atomic E-state index is 0.0621. The molecule has 166 valence electrons. The smallest absolute Gasteiger partial charge is 0.276 e. The molecule has 2 rings (SSSR count). The van der Waals surface area contributed by atoms with Crippen molar-refractivity contribution in [3.05, 3.63) is 59.2 Å². The Balaban J connectivity index is 1.97. The minimum atomic E-state index is -2.19. The predicted molar refractivity (Wildman–Crippen MR) is 122 cm³/mol. The molecule has 0 heterocycles. The van der Waals surface area contributed by atoms with E-state index in [1.54, 1.807) is 12.1 Å². The van der Waals surface area contributed by atoms with Crippen LogP contribution >= 0.6 is 34.8 Å². The van der Waals surface area contributed by atoms with Crippen LogP contribution in [0.25, 0.3) is 0 Å². The maximum absolute atomic E-state index is 12.4. The van der Waals surface area contributed by atoms with Crippen molar-refractivity contribution in [1.82, 2.24) is 10.9 Å². The average molecular weight is 487 g/mol. The van der Waals surface area contributed by atoms with Crippen LogP contribution in [0.4, 0.5) is 5.69 Å². The van der Waals surface area contributed by atoms with Gasteiger partial charge in [-0.05, 0) is 42.2 Å². The van der Waals surface area contributed by atoms with Gasteiger partial charge in [0.15, 0.2) is 6.61 Å². The van der Waals surface area contributed by atoms with Crippen LogP contribution in [0.2, 0.25) is 0 Å². The van der Waals surface area contributed by atoms with Gasteiger partial charge < -0.3 is 10.1 Å².